The zero-order valence-corrected chi connectivity index (χ0v) is 23.2. The van der Waals surface area contributed by atoms with Gasteiger partial charge in [0.15, 0.2) is 0 Å². The summed E-state index contributed by atoms with van der Waals surface area (Å²) in [6, 6.07) is 54.3. The lowest BCUT2D eigenvalue weighted by molar-refractivity contribution is 0.671. The van der Waals surface area contributed by atoms with Gasteiger partial charge in [-0.15, -0.1) is 0 Å². The van der Waals surface area contributed by atoms with Crippen molar-refractivity contribution in [1.29, 1.82) is 0 Å². The molecule has 0 fully saturated rings. The molecular weight excluding hydrogens is 519 g/mol. The Balaban J connectivity index is 1.56. The predicted octanol–water partition coefficient (Wildman–Crippen LogP) is 9.15. The van der Waals surface area contributed by atoms with Crippen LogP contribution in [0.15, 0.2) is 172 Å². The number of para-hydroxylation sites is 3. The Kier molecular flexibility index (Phi) is 6.64. The van der Waals surface area contributed by atoms with Crippen molar-refractivity contribution in [1.82, 2.24) is 0 Å². The van der Waals surface area contributed by atoms with Crippen molar-refractivity contribution in [3.63, 3.8) is 0 Å². The molecule has 7 aromatic rings. The number of nitrogens with zero attached hydrogens (tertiary/aromatic N) is 2. The van der Waals surface area contributed by atoms with Crippen molar-refractivity contribution >= 4 is 62.5 Å². The number of furan rings is 1. The molecule has 41 heavy (non-hydrogen) atoms. The summed E-state index contributed by atoms with van der Waals surface area (Å²) >= 11 is 0. The SMILES string of the molecule is C(=Nc1ccccc1)c1cccc2c1oc1c(P(=Nc3ccccc3)(c3ccccc3)c3ccccc3)cccc12. The Morgan fingerprint density at radius 2 is 0.976 bits per heavy atom. The third-order valence-electron chi connectivity index (χ3n) is 7.27. The van der Waals surface area contributed by atoms with Gasteiger partial charge in [-0.3, -0.25) is 9.74 Å². The summed E-state index contributed by atoms with van der Waals surface area (Å²) in [5.74, 6) is 0. The molecule has 0 N–H and O–H groups in total. The molecule has 0 amide bonds. The van der Waals surface area contributed by atoms with E-state index in [1.807, 2.05) is 54.7 Å². The summed E-state index contributed by atoms with van der Waals surface area (Å²) in [5, 5.41) is 5.59. The minimum absolute atomic E-state index is 0.827. The smallest absolute Gasteiger partial charge is 0.145 e. The molecule has 196 valence electrons. The Hall–Kier alpha value is -4.98. The van der Waals surface area contributed by atoms with Gasteiger partial charge in [-0.2, -0.15) is 0 Å². The van der Waals surface area contributed by atoms with E-state index >= 15 is 0 Å². The highest BCUT2D eigenvalue weighted by Gasteiger charge is 2.31. The van der Waals surface area contributed by atoms with E-state index in [2.05, 4.69) is 109 Å². The van der Waals surface area contributed by atoms with Gasteiger partial charge in [-0.05, 0) is 36.4 Å². The Bertz CT molecular complexity index is 1990. The molecule has 0 radical (unpaired) electrons. The molecule has 4 heteroatoms. The molecule has 6 aromatic carbocycles. The van der Waals surface area contributed by atoms with Crippen molar-refractivity contribution in [3.8, 4) is 0 Å². The minimum Gasteiger partial charge on any atom is -0.455 e. The van der Waals surface area contributed by atoms with Gasteiger partial charge in [0.05, 0.1) is 18.4 Å². The van der Waals surface area contributed by atoms with Crippen LogP contribution in [0.5, 0.6) is 0 Å². The summed E-state index contributed by atoms with van der Waals surface area (Å²) in [6.45, 7) is 0. The first-order chi connectivity index (χ1) is 20.3. The third kappa shape index (κ3) is 4.61. The highest BCUT2D eigenvalue weighted by Crippen LogP contribution is 2.51. The van der Waals surface area contributed by atoms with Crippen molar-refractivity contribution in [2.45, 2.75) is 0 Å². The molecule has 0 aliphatic carbocycles. The maximum absolute atomic E-state index is 6.87. The monoisotopic (exact) mass is 546 g/mol. The van der Waals surface area contributed by atoms with E-state index in [1.165, 1.54) is 10.6 Å². The lowest BCUT2D eigenvalue weighted by atomic mass is 10.1. The second-order valence-corrected chi connectivity index (χ2v) is 12.8. The maximum atomic E-state index is 6.87. The zero-order valence-electron chi connectivity index (χ0n) is 22.3. The summed E-state index contributed by atoms with van der Waals surface area (Å²) < 4.78 is 12.5. The van der Waals surface area contributed by atoms with Gasteiger partial charge in [0.25, 0.3) is 0 Å². The second kappa shape index (κ2) is 10.9. The molecule has 3 nitrogen and oxygen atoms in total. The molecular formula is C37H27N2OP. The number of benzene rings is 6. The van der Waals surface area contributed by atoms with E-state index < -0.39 is 7.05 Å². The summed E-state index contributed by atoms with van der Waals surface area (Å²) in [5.41, 5.74) is 4.48. The van der Waals surface area contributed by atoms with E-state index in [1.54, 1.807) is 0 Å². The van der Waals surface area contributed by atoms with Gasteiger partial charge in [-0.25, -0.2) is 0 Å². The van der Waals surface area contributed by atoms with E-state index in [0.29, 0.717) is 0 Å². The average molecular weight is 547 g/mol. The molecule has 0 spiro atoms. The predicted molar refractivity (Wildman–Crippen MR) is 175 cm³/mol. The van der Waals surface area contributed by atoms with Gasteiger partial charge in [0.2, 0.25) is 0 Å². The first-order valence-electron chi connectivity index (χ1n) is 13.7. The number of aliphatic imine (C=N–C) groups is 1. The maximum Gasteiger partial charge on any atom is 0.145 e. The Morgan fingerprint density at radius 1 is 0.463 bits per heavy atom. The third-order valence-corrected chi connectivity index (χ3v) is 10.9. The second-order valence-electron chi connectivity index (χ2n) is 9.82. The molecule has 0 saturated heterocycles. The summed E-state index contributed by atoms with van der Waals surface area (Å²) in [4.78, 5) is 4.72. The molecule has 0 bridgehead atoms. The van der Waals surface area contributed by atoms with E-state index in [-0.39, 0.29) is 0 Å². The van der Waals surface area contributed by atoms with Crippen molar-refractivity contribution in [2.24, 2.45) is 9.74 Å². The van der Waals surface area contributed by atoms with Crippen LogP contribution in [0.3, 0.4) is 0 Å². The molecule has 1 aromatic heterocycles. The largest absolute Gasteiger partial charge is 0.455 e. The van der Waals surface area contributed by atoms with Gasteiger partial charge >= 0.3 is 0 Å². The van der Waals surface area contributed by atoms with Crippen molar-refractivity contribution in [2.75, 3.05) is 0 Å². The average Bonchev–Trinajstić information content (AvgIpc) is 3.44. The molecule has 0 aliphatic heterocycles. The lowest BCUT2D eigenvalue weighted by Crippen LogP contribution is -2.25. The van der Waals surface area contributed by atoms with Gasteiger partial charge < -0.3 is 4.42 Å². The fourth-order valence-electron chi connectivity index (χ4n) is 5.39. The molecule has 0 aliphatic rings. The van der Waals surface area contributed by atoms with Crippen LogP contribution in [0.25, 0.3) is 21.9 Å². The summed E-state index contributed by atoms with van der Waals surface area (Å²) in [7, 11) is -2.56. The van der Waals surface area contributed by atoms with Gasteiger partial charge in [0.1, 0.15) is 11.2 Å². The quantitative estimate of drug-likeness (QED) is 0.151. The zero-order chi connectivity index (χ0) is 27.5. The van der Waals surface area contributed by atoms with Crippen molar-refractivity contribution < 1.29 is 4.42 Å². The van der Waals surface area contributed by atoms with Crippen LogP contribution >= 0.6 is 7.05 Å². The normalized spacial score (nSPS) is 11.8. The van der Waals surface area contributed by atoms with Crippen LogP contribution in [0.2, 0.25) is 0 Å². The van der Waals surface area contributed by atoms with Crippen LogP contribution < -0.4 is 15.9 Å². The highest BCUT2D eigenvalue weighted by atomic mass is 31.2. The number of hydrogen-bond acceptors (Lipinski definition) is 3. The van der Waals surface area contributed by atoms with Gasteiger partial charge in [-0.1, -0.05) is 121 Å². The molecule has 0 saturated carbocycles. The standard InChI is InChI=1S/C37H27N2OP/c1-5-16-29(17-6-1)38-27-28-15-13-24-33-34-25-14-26-35(37(34)40-36(28)33)41(31-20-9-3-10-21-31,32-22-11-4-12-23-32)39-30-18-7-2-8-19-30/h1-27H. The Morgan fingerprint density at radius 3 is 1.59 bits per heavy atom. The number of hydrogen-bond donors (Lipinski definition) is 0. The van der Waals surface area contributed by atoms with E-state index in [0.717, 1.165) is 44.2 Å². The van der Waals surface area contributed by atoms with Crippen LogP contribution in [0.1, 0.15) is 5.56 Å². The molecule has 7 rings (SSSR count). The van der Waals surface area contributed by atoms with E-state index in [9.17, 15) is 0 Å². The van der Waals surface area contributed by atoms with Crippen molar-refractivity contribution in [3.05, 3.63) is 163 Å². The first kappa shape index (κ1) is 25.0. The fraction of sp³-hybridized carbons (Fsp3) is 0. The lowest BCUT2D eigenvalue weighted by Gasteiger charge is -2.27. The Labute approximate surface area is 239 Å². The molecule has 0 unspecified atom stereocenters. The van der Waals surface area contributed by atoms with Crippen LogP contribution in [-0.2, 0) is 0 Å². The number of rotatable bonds is 6. The van der Waals surface area contributed by atoms with E-state index in [4.69, 9.17) is 14.2 Å². The first-order valence-corrected chi connectivity index (χ1v) is 15.4. The fourth-order valence-corrected chi connectivity index (χ4v) is 9.04. The van der Waals surface area contributed by atoms with Crippen LogP contribution in [-0.4, -0.2) is 6.21 Å². The highest BCUT2D eigenvalue weighted by molar-refractivity contribution is 7.87. The molecule has 1 heterocycles. The van der Waals surface area contributed by atoms with Gasteiger partial charge in [0, 0.05) is 38.5 Å². The van der Waals surface area contributed by atoms with Crippen LogP contribution in [0, 0.1) is 0 Å². The molecule has 0 atom stereocenters. The van der Waals surface area contributed by atoms with Crippen LogP contribution in [0.4, 0.5) is 11.4 Å². The topological polar surface area (TPSA) is 37.9 Å². The summed E-state index contributed by atoms with van der Waals surface area (Å²) in [6.07, 6.45) is 1.89. The number of fused-ring (bicyclic) bond motifs is 3. The minimum atomic E-state index is -2.56.